The molecular weight excluding hydrogens is 234 g/mol. The van der Waals surface area contributed by atoms with E-state index in [2.05, 4.69) is 25.7 Å². The SMILES string of the molecule is CC.CC.CCC1CCN(CC(C)C(O)CC)CC1. The van der Waals surface area contributed by atoms with Crippen molar-refractivity contribution in [1.29, 1.82) is 0 Å². The lowest BCUT2D eigenvalue weighted by Gasteiger charge is -2.34. The second kappa shape index (κ2) is 14.3. The van der Waals surface area contributed by atoms with Gasteiger partial charge in [-0.05, 0) is 44.2 Å². The molecule has 0 aromatic rings. The average Bonchev–Trinajstić information content (AvgIpc) is 2.51. The van der Waals surface area contributed by atoms with Gasteiger partial charge < -0.3 is 10.0 Å². The van der Waals surface area contributed by atoms with Gasteiger partial charge in [0.05, 0.1) is 6.10 Å². The zero-order valence-corrected chi connectivity index (χ0v) is 14.6. The van der Waals surface area contributed by atoms with Gasteiger partial charge in [-0.25, -0.2) is 0 Å². The van der Waals surface area contributed by atoms with E-state index in [1.807, 2.05) is 27.7 Å². The Balaban J connectivity index is 0. The second-order valence-electron chi connectivity index (χ2n) is 5.11. The molecule has 0 spiro atoms. The van der Waals surface area contributed by atoms with E-state index in [4.69, 9.17) is 0 Å². The number of piperidine rings is 1. The summed E-state index contributed by atoms with van der Waals surface area (Å²) in [5, 5.41) is 9.73. The number of nitrogens with zero attached hydrogens (tertiary/aromatic N) is 1. The van der Waals surface area contributed by atoms with E-state index in [-0.39, 0.29) is 6.10 Å². The van der Waals surface area contributed by atoms with Crippen molar-refractivity contribution >= 4 is 0 Å². The maximum Gasteiger partial charge on any atom is 0.0575 e. The normalized spacial score (nSPS) is 19.6. The molecule has 1 fully saturated rings. The highest BCUT2D eigenvalue weighted by atomic mass is 16.3. The number of likely N-dealkylation sites (tertiary alicyclic amines) is 1. The molecule has 1 aliphatic heterocycles. The molecule has 1 saturated heterocycles. The summed E-state index contributed by atoms with van der Waals surface area (Å²) in [5.41, 5.74) is 0. The number of aliphatic hydroxyl groups excluding tert-OH is 1. The van der Waals surface area contributed by atoms with Crippen molar-refractivity contribution in [2.75, 3.05) is 19.6 Å². The summed E-state index contributed by atoms with van der Waals surface area (Å²) in [5.74, 6) is 1.38. The topological polar surface area (TPSA) is 23.5 Å². The summed E-state index contributed by atoms with van der Waals surface area (Å²) in [4.78, 5) is 2.52. The van der Waals surface area contributed by atoms with Crippen molar-refractivity contribution in [1.82, 2.24) is 4.90 Å². The van der Waals surface area contributed by atoms with Crippen LogP contribution in [0.2, 0.25) is 0 Å². The molecule has 0 aromatic carbocycles. The van der Waals surface area contributed by atoms with Crippen LogP contribution >= 0.6 is 0 Å². The zero-order valence-electron chi connectivity index (χ0n) is 14.6. The van der Waals surface area contributed by atoms with E-state index in [0.717, 1.165) is 18.9 Å². The quantitative estimate of drug-likeness (QED) is 0.793. The zero-order chi connectivity index (χ0) is 15.3. The summed E-state index contributed by atoms with van der Waals surface area (Å²) in [6, 6.07) is 0. The Kier molecular flexibility index (Phi) is 16.0. The molecule has 2 heteroatoms. The summed E-state index contributed by atoms with van der Waals surface area (Å²) < 4.78 is 0. The van der Waals surface area contributed by atoms with Crippen LogP contribution in [0.25, 0.3) is 0 Å². The molecule has 0 saturated carbocycles. The fourth-order valence-electron chi connectivity index (χ4n) is 2.51. The summed E-state index contributed by atoms with van der Waals surface area (Å²) in [6.45, 7) is 18.1. The first kappa shape index (κ1) is 21.2. The van der Waals surface area contributed by atoms with Crippen LogP contribution in [0, 0.1) is 11.8 Å². The Morgan fingerprint density at radius 1 is 1.05 bits per heavy atom. The predicted molar refractivity (Wildman–Crippen MR) is 87.6 cm³/mol. The van der Waals surface area contributed by atoms with E-state index < -0.39 is 0 Å². The lowest BCUT2D eigenvalue weighted by molar-refractivity contribution is 0.0726. The minimum absolute atomic E-state index is 0.117. The van der Waals surface area contributed by atoms with Crippen LogP contribution in [0.3, 0.4) is 0 Å². The van der Waals surface area contributed by atoms with Crippen LogP contribution < -0.4 is 0 Å². The molecule has 2 atom stereocenters. The van der Waals surface area contributed by atoms with Crippen LogP contribution in [0.5, 0.6) is 0 Å². The highest BCUT2D eigenvalue weighted by Gasteiger charge is 2.21. The number of aliphatic hydroxyl groups is 1. The maximum absolute atomic E-state index is 9.73. The summed E-state index contributed by atoms with van der Waals surface area (Å²) >= 11 is 0. The molecule has 1 rings (SSSR count). The minimum atomic E-state index is -0.117. The van der Waals surface area contributed by atoms with Crippen LogP contribution in [0.1, 0.15) is 74.1 Å². The van der Waals surface area contributed by atoms with Gasteiger partial charge in [-0.15, -0.1) is 0 Å². The van der Waals surface area contributed by atoms with Crippen molar-refractivity contribution in [3.05, 3.63) is 0 Å². The first-order valence-electron chi connectivity index (χ1n) is 8.57. The fraction of sp³-hybridized carbons (Fsp3) is 1.00. The van der Waals surface area contributed by atoms with Crippen molar-refractivity contribution in [2.24, 2.45) is 11.8 Å². The predicted octanol–water partition coefficient (Wildman–Crippen LogP) is 4.57. The second-order valence-corrected chi connectivity index (χ2v) is 5.11. The van der Waals surface area contributed by atoms with Crippen molar-refractivity contribution in [3.8, 4) is 0 Å². The molecule has 2 nitrogen and oxygen atoms in total. The molecule has 19 heavy (non-hydrogen) atoms. The largest absolute Gasteiger partial charge is 0.393 e. The van der Waals surface area contributed by atoms with Crippen molar-refractivity contribution < 1.29 is 5.11 Å². The summed E-state index contributed by atoms with van der Waals surface area (Å²) in [6.07, 6.45) is 4.80. The van der Waals surface area contributed by atoms with E-state index in [0.29, 0.717) is 5.92 Å². The molecule has 2 unspecified atom stereocenters. The molecule has 1 N–H and O–H groups in total. The van der Waals surface area contributed by atoms with Gasteiger partial charge >= 0.3 is 0 Å². The Bertz CT molecular complexity index is 165. The molecular formula is C17H39NO. The molecule has 118 valence electrons. The van der Waals surface area contributed by atoms with Gasteiger partial charge in [-0.1, -0.05) is 54.9 Å². The molecule has 0 aromatic heterocycles. The van der Waals surface area contributed by atoms with Gasteiger partial charge in [0.25, 0.3) is 0 Å². The van der Waals surface area contributed by atoms with Crippen LogP contribution in [0.15, 0.2) is 0 Å². The third-order valence-electron chi connectivity index (χ3n) is 3.91. The molecule has 0 bridgehead atoms. The van der Waals surface area contributed by atoms with Crippen LogP contribution in [-0.4, -0.2) is 35.7 Å². The first-order valence-corrected chi connectivity index (χ1v) is 8.57. The Morgan fingerprint density at radius 3 is 1.89 bits per heavy atom. The fourth-order valence-corrected chi connectivity index (χ4v) is 2.51. The van der Waals surface area contributed by atoms with Crippen molar-refractivity contribution in [2.45, 2.75) is 80.3 Å². The Hall–Kier alpha value is -0.0800. The lowest BCUT2D eigenvalue weighted by Crippen LogP contribution is -2.39. The van der Waals surface area contributed by atoms with Gasteiger partial charge in [-0.3, -0.25) is 0 Å². The number of hydrogen-bond acceptors (Lipinski definition) is 2. The van der Waals surface area contributed by atoms with Gasteiger partial charge in [0.2, 0.25) is 0 Å². The third-order valence-corrected chi connectivity index (χ3v) is 3.91. The number of hydrogen-bond donors (Lipinski definition) is 1. The molecule has 1 aliphatic rings. The Labute approximate surface area is 122 Å². The monoisotopic (exact) mass is 273 g/mol. The van der Waals surface area contributed by atoms with E-state index >= 15 is 0 Å². The van der Waals surface area contributed by atoms with E-state index in [9.17, 15) is 5.11 Å². The van der Waals surface area contributed by atoms with Crippen molar-refractivity contribution in [3.63, 3.8) is 0 Å². The highest BCUT2D eigenvalue weighted by molar-refractivity contribution is 4.74. The average molecular weight is 274 g/mol. The maximum atomic E-state index is 9.73. The van der Waals surface area contributed by atoms with Gasteiger partial charge in [0, 0.05) is 6.54 Å². The van der Waals surface area contributed by atoms with E-state index in [1.54, 1.807) is 0 Å². The molecule has 0 aliphatic carbocycles. The molecule has 0 amide bonds. The molecule has 0 radical (unpaired) electrons. The standard InChI is InChI=1S/C13H27NO.2C2H6/c1-4-12-6-8-14(9-7-12)10-11(3)13(15)5-2;2*1-2/h11-13,15H,4-10H2,1-3H3;2*1-2H3. The lowest BCUT2D eigenvalue weighted by atomic mass is 9.93. The summed E-state index contributed by atoms with van der Waals surface area (Å²) in [7, 11) is 0. The minimum Gasteiger partial charge on any atom is -0.393 e. The van der Waals surface area contributed by atoms with Gasteiger partial charge in [-0.2, -0.15) is 0 Å². The third kappa shape index (κ3) is 9.45. The first-order chi connectivity index (χ1) is 9.17. The Morgan fingerprint density at radius 2 is 1.53 bits per heavy atom. The van der Waals surface area contributed by atoms with Gasteiger partial charge in [0.15, 0.2) is 0 Å². The smallest absolute Gasteiger partial charge is 0.0575 e. The van der Waals surface area contributed by atoms with Gasteiger partial charge in [0.1, 0.15) is 0 Å². The molecule has 1 heterocycles. The highest BCUT2D eigenvalue weighted by Crippen LogP contribution is 2.21. The van der Waals surface area contributed by atoms with E-state index in [1.165, 1.54) is 32.4 Å². The van der Waals surface area contributed by atoms with Crippen LogP contribution in [-0.2, 0) is 0 Å². The number of rotatable bonds is 5. The van der Waals surface area contributed by atoms with Crippen LogP contribution in [0.4, 0.5) is 0 Å².